The summed E-state index contributed by atoms with van der Waals surface area (Å²) in [6.07, 6.45) is 0.936. The zero-order valence-corrected chi connectivity index (χ0v) is 20.2. The average Bonchev–Trinajstić information content (AvgIpc) is 3.51. The number of benzene rings is 2. The van der Waals surface area contributed by atoms with Crippen LogP contribution in [0, 0.1) is 5.82 Å². The Bertz CT molecular complexity index is 1410. The number of likely N-dealkylation sites (tertiary alicyclic amines) is 1. The van der Waals surface area contributed by atoms with Gasteiger partial charge in [0.05, 0.1) is 24.2 Å². The Balaban J connectivity index is 1.20. The van der Waals surface area contributed by atoms with Crippen molar-refractivity contribution < 1.29 is 27.7 Å². The fourth-order valence-electron chi connectivity index (χ4n) is 4.83. The standard InChI is InChI=1S/C25H23FN4O5S/c1-33-6-7-34-22-11-21-18(9-19(22)26)24(28-27-21)23-10-20(29-35-23)14-2-4-15(5-3-14)25(31)30-16-8-17(30)13-36(32)12-16/h2-5,9-11,16-17H,6-8,12-13H2,1H3,(H,27,28). The molecule has 2 saturated heterocycles. The molecule has 4 aromatic rings. The summed E-state index contributed by atoms with van der Waals surface area (Å²) in [4.78, 5) is 14.8. The van der Waals surface area contributed by atoms with Crippen LogP contribution in [0.4, 0.5) is 4.39 Å². The summed E-state index contributed by atoms with van der Waals surface area (Å²) in [5.74, 6) is 1.07. The molecule has 4 heterocycles. The van der Waals surface area contributed by atoms with E-state index in [-0.39, 0.29) is 30.3 Å². The molecule has 11 heteroatoms. The smallest absolute Gasteiger partial charge is 0.254 e. The van der Waals surface area contributed by atoms with Crippen molar-refractivity contribution in [1.82, 2.24) is 20.3 Å². The summed E-state index contributed by atoms with van der Waals surface area (Å²) >= 11 is -0.819. The van der Waals surface area contributed by atoms with E-state index in [1.807, 2.05) is 17.0 Å². The van der Waals surface area contributed by atoms with Crippen LogP contribution in [0.3, 0.4) is 0 Å². The molecular formula is C25H23FN4O5S. The van der Waals surface area contributed by atoms with Crippen LogP contribution >= 0.6 is 0 Å². The van der Waals surface area contributed by atoms with Crippen molar-refractivity contribution in [2.45, 2.75) is 18.5 Å². The highest BCUT2D eigenvalue weighted by Gasteiger charge is 2.50. The second-order valence-corrected chi connectivity index (χ2v) is 10.5. The van der Waals surface area contributed by atoms with Gasteiger partial charge in [-0.2, -0.15) is 5.10 Å². The predicted octanol–water partition coefficient (Wildman–Crippen LogP) is 3.39. The number of methoxy groups -OCH3 is 1. The van der Waals surface area contributed by atoms with Crippen molar-refractivity contribution in [3.05, 3.63) is 53.8 Å². The molecule has 2 aromatic heterocycles. The number of hydrogen-bond donors (Lipinski definition) is 1. The topological polar surface area (TPSA) is 117 Å². The maximum Gasteiger partial charge on any atom is 0.254 e. The minimum Gasteiger partial charge on any atom is -0.616 e. The number of rotatable bonds is 7. The van der Waals surface area contributed by atoms with E-state index in [0.717, 1.165) is 12.0 Å². The first-order valence-corrected chi connectivity index (χ1v) is 13.0. The second-order valence-electron chi connectivity index (χ2n) is 8.92. The number of hydrogen-bond acceptors (Lipinski definition) is 7. The molecule has 0 aliphatic carbocycles. The number of fused-ring (bicyclic) bond motifs is 3. The third-order valence-electron chi connectivity index (χ3n) is 6.65. The number of carbonyl (C=O) groups is 1. The van der Waals surface area contributed by atoms with E-state index in [9.17, 15) is 13.7 Å². The Morgan fingerprint density at radius 2 is 2.00 bits per heavy atom. The van der Waals surface area contributed by atoms with E-state index in [2.05, 4.69) is 15.4 Å². The molecule has 6 rings (SSSR count). The molecule has 1 N–H and O–H groups in total. The Morgan fingerprint density at radius 1 is 1.22 bits per heavy atom. The van der Waals surface area contributed by atoms with Gasteiger partial charge in [0.15, 0.2) is 17.3 Å². The normalized spacial score (nSPS) is 21.0. The molecular weight excluding hydrogens is 487 g/mol. The van der Waals surface area contributed by atoms with Gasteiger partial charge < -0.3 is 23.4 Å². The van der Waals surface area contributed by atoms with Crippen LogP contribution < -0.4 is 4.74 Å². The molecule has 0 spiro atoms. The Kier molecular flexibility index (Phi) is 5.90. The summed E-state index contributed by atoms with van der Waals surface area (Å²) in [7, 11) is 1.55. The van der Waals surface area contributed by atoms with E-state index < -0.39 is 17.0 Å². The van der Waals surface area contributed by atoms with E-state index in [1.165, 1.54) is 6.07 Å². The van der Waals surface area contributed by atoms with Gasteiger partial charge in [-0.05, 0) is 35.8 Å². The van der Waals surface area contributed by atoms with Gasteiger partial charge in [0.2, 0.25) is 0 Å². The minimum atomic E-state index is -0.819. The summed E-state index contributed by atoms with van der Waals surface area (Å²) < 4.78 is 42.2. The first kappa shape index (κ1) is 23.0. The lowest BCUT2D eigenvalue weighted by atomic mass is 9.93. The van der Waals surface area contributed by atoms with Crippen LogP contribution in [0.15, 0.2) is 47.0 Å². The number of ether oxygens (including phenoxy) is 2. The van der Waals surface area contributed by atoms with Crippen LogP contribution in [0.1, 0.15) is 16.8 Å². The molecule has 36 heavy (non-hydrogen) atoms. The largest absolute Gasteiger partial charge is 0.616 e. The molecule has 186 valence electrons. The first-order valence-electron chi connectivity index (χ1n) is 11.6. The SMILES string of the molecule is COCCOc1cc2[nH]nc(-c3cc(-c4ccc(C(=O)N5C6CC5C[S+]([O-])C6)cc4)no3)c2cc1F. The third-order valence-corrected chi connectivity index (χ3v) is 8.17. The highest BCUT2D eigenvalue weighted by atomic mass is 32.2. The molecule has 2 unspecified atom stereocenters. The van der Waals surface area contributed by atoms with Crippen LogP contribution in [0.25, 0.3) is 33.6 Å². The van der Waals surface area contributed by atoms with Gasteiger partial charge >= 0.3 is 0 Å². The highest BCUT2D eigenvalue weighted by molar-refractivity contribution is 7.91. The monoisotopic (exact) mass is 510 g/mol. The Labute approximate surface area is 208 Å². The van der Waals surface area contributed by atoms with Gasteiger partial charge in [-0.25, -0.2) is 4.39 Å². The fourth-order valence-corrected chi connectivity index (χ4v) is 6.42. The molecule has 2 aliphatic heterocycles. The van der Waals surface area contributed by atoms with Gasteiger partial charge in [-0.1, -0.05) is 17.3 Å². The van der Waals surface area contributed by atoms with Crippen molar-refractivity contribution in [2.24, 2.45) is 0 Å². The number of halogens is 1. The average molecular weight is 511 g/mol. The lowest BCUT2D eigenvalue weighted by Crippen LogP contribution is -2.67. The quantitative estimate of drug-likeness (QED) is 0.299. The number of carbonyl (C=O) groups excluding carboxylic acids is 1. The summed E-state index contributed by atoms with van der Waals surface area (Å²) in [6, 6.07) is 11.9. The number of nitrogens with zero attached hydrogens (tertiary/aromatic N) is 3. The number of amides is 1. The van der Waals surface area contributed by atoms with Crippen molar-refractivity contribution in [1.29, 1.82) is 0 Å². The van der Waals surface area contributed by atoms with Crippen LogP contribution in [0.5, 0.6) is 5.75 Å². The lowest BCUT2D eigenvalue weighted by Gasteiger charge is -2.51. The number of aromatic amines is 1. The summed E-state index contributed by atoms with van der Waals surface area (Å²) in [5, 5.41) is 11.8. The number of aromatic nitrogens is 3. The summed E-state index contributed by atoms with van der Waals surface area (Å²) in [5.41, 5.74) is 2.95. The molecule has 9 nitrogen and oxygen atoms in total. The summed E-state index contributed by atoms with van der Waals surface area (Å²) in [6.45, 7) is 0.582. The van der Waals surface area contributed by atoms with Gasteiger partial charge in [0, 0.05) is 35.8 Å². The van der Waals surface area contributed by atoms with Gasteiger partial charge in [0.1, 0.15) is 29.5 Å². The third kappa shape index (κ3) is 4.02. The Morgan fingerprint density at radius 3 is 2.75 bits per heavy atom. The zero-order chi connectivity index (χ0) is 24.8. The van der Waals surface area contributed by atoms with E-state index in [1.54, 1.807) is 31.4 Å². The van der Waals surface area contributed by atoms with Gasteiger partial charge in [-0.15, -0.1) is 0 Å². The van der Waals surface area contributed by atoms with Gasteiger partial charge in [0.25, 0.3) is 5.91 Å². The second kappa shape index (κ2) is 9.23. The molecule has 2 fully saturated rings. The first-order chi connectivity index (χ1) is 17.5. The molecule has 2 aliphatic rings. The van der Waals surface area contributed by atoms with Crippen molar-refractivity contribution >= 4 is 28.0 Å². The van der Waals surface area contributed by atoms with E-state index in [4.69, 9.17) is 14.0 Å². The molecule has 2 atom stereocenters. The van der Waals surface area contributed by atoms with E-state index >= 15 is 0 Å². The van der Waals surface area contributed by atoms with Crippen molar-refractivity contribution in [2.75, 3.05) is 31.8 Å². The lowest BCUT2D eigenvalue weighted by molar-refractivity contribution is 0.0244. The van der Waals surface area contributed by atoms with Crippen LogP contribution in [-0.2, 0) is 15.9 Å². The maximum atomic E-state index is 14.6. The number of H-pyrrole nitrogens is 1. The van der Waals surface area contributed by atoms with Gasteiger partial charge in [-0.3, -0.25) is 9.89 Å². The maximum absolute atomic E-state index is 14.6. The van der Waals surface area contributed by atoms with Crippen molar-refractivity contribution in [3.63, 3.8) is 0 Å². The fraction of sp³-hybridized carbons (Fsp3) is 0.320. The predicted molar refractivity (Wildman–Crippen MR) is 131 cm³/mol. The molecule has 2 aromatic carbocycles. The molecule has 1 amide bonds. The highest BCUT2D eigenvalue weighted by Crippen LogP contribution is 2.36. The number of nitrogens with one attached hydrogen (secondary N) is 1. The minimum absolute atomic E-state index is 0.0315. The van der Waals surface area contributed by atoms with Crippen LogP contribution in [0.2, 0.25) is 0 Å². The van der Waals surface area contributed by atoms with Crippen molar-refractivity contribution in [3.8, 4) is 28.5 Å². The van der Waals surface area contributed by atoms with E-state index in [0.29, 0.717) is 51.7 Å². The molecule has 0 radical (unpaired) electrons. The van der Waals surface area contributed by atoms with Crippen LogP contribution in [-0.4, -0.2) is 74.6 Å². The zero-order valence-electron chi connectivity index (χ0n) is 19.4. The Hall–Kier alpha value is -3.41. The molecule has 2 bridgehead atoms. The molecule has 0 saturated carbocycles.